The fourth-order valence-corrected chi connectivity index (χ4v) is 21.1. The Balaban J connectivity index is 0.949. The molecule has 59 heteroatoms. The molecule has 0 saturated carbocycles. The Morgan fingerprint density at radius 2 is 0.588 bits per heavy atom. The summed E-state index contributed by atoms with van der Waals surface area (Å²) in [5.41, 5.74) is -4.50. The molecule has 0 bridgehead atoms. The molecule has 0 radical (unpaired) electrons. The van der Waals surface area contributed by atoms with Crippen molar-refractivity contribution in [2.45, 2.75) is 313 Å². The first-order chi connectivity index (χ1) is 69.8. The number of phosphoric acid groups is 5. The third-order valence-corrected chi connectivity index (χ3v) is 31.0. The monoisotopic (exact) mass is 2230 g/mol. The third-order valence-electron chi connectivity index (χ3n) is 26.1. The van der Waals surface area contributed by atoms with Crippen LogP contribution in [0.2, 0.25) is 0 Å². The first kappa shape index (κ1) is 132. The molecule has 0 aromatic carbocycles. The second-order valence-electron chi connectivity index (χ2n) is 39.3. The Bertz CT molecular complexity index is 4250. The highest BCUT2D eigenvalue weighted by Crippen LogP contribution is 2.54. The van der Waals surface area contributed by atoms with E-state index in [2.05, 4.69) is 31.9 Å². The van der Waals surface area contributed by atoms with Crippen molar-refractivity contribution in [1.29, 1.82) is 0 Å². The van der Waals surface area contributed by atoms with E-state index in [4.69, 9.17) is 78.4 Å². The average Bonchev–Trinajstić information content (AvgIpc) is 0.823. The van der Waals surface area contributed by atoms with Crippen molar-refractivity contribution >= 4 is 92.3 Å². The fourth-order valence-electron chi connectivity index (χ4n) is 17.1. The van der Waals surface area contributed by atoms with Crippen LogP contribution in [0.25, 0.3) is 0 Å². The summed E-state index contributed by atoms with van der Waals surface area (Å²) in [5, 5.41) is 108. The number of hydrogen-bond acceptors (Lipinski definition) is 40. The summed E-state index contributed by atoms with van der Waals surface area (Å²) < 4.78 is 159. The number of nitrogens with one attached hydrogen (secondary N) is 6. The van der Waals surface area contributed by atoms with Crippen LogP contribution < -0.4 is 31.9 Å². The number of phosphoric ester groups is 5. The molecule has 20 atom stereocenters. The van der Waals surface area contributed by atoms with Crippen LogP contribution in [0.15, 0.2) is 0 Å². The van der Waals surface area contributed by atoms with Crippen LogP contribution in [0.3, 0.4) is 0 Å². The highest BCUT2D eigenvalue weighted by molar-refractivity contribution is 7.48. The maximum Gasteiger partial charge on any atom is 0.472 e. The highest BCUT2D eigenvalue weighted by Gasteiger charge is 2.51. The molecule has 54 nitrogen and oxygen atoms in total. The van der Waals surface area contributed by atoms with Crippen LogP contribution in [0, 0.1) is 22.2 Å². The second kappa shape index (κ2) is 66.0. The minimum atomic E-state index is -5.22. The Morgan fingerprint density at radius 1 is 0.331 bits per heavy atom. The standard InChI is InChI=1S/C89H164N9O45P5/c1-62-66(53-99)141-83(75(78(62)112)93-63(2)103)127-44-20-14-23-69(106)90-35-17-8-11-26-72(109)96-38-29-87(56-102,30-39-96)57-136-145(119,120)132-49-50-133-146(121,122)139-60-89(33-42-98(43-34-89)74(111)28-13-10-19-37-92-71(108)25-16-22-46-129-85-77(95-65(4)105)82(116)80(114)68(55-101)143-85)61-140-148(125,126)135-52-51-134-147(123,124)138-59-88(58-137-144(117,118)131-48-47-130-86(5,6)7)31-40-97(41-32-88)73(110)27-12-9-18-36-91-70(107)24-15-21-45-128-84-76(94-64(3)104)81(115)79(113)67(54-100)142-84/h62,66-68,75-85,99-102,112-116H,8-61H2,1-7H3,(H,90,106)(H,91,107)(H,92,108)(H,93,103)(H,94,104)(H,95,105)(H,117,118)(H,119,120)(H,121,122)(H,123,124)(H,125,126)/t62-,66+,67+,68+,75+,76+,77+,78-,79-,80-,81+,82+,83+,84+,85+/m0/s1. The van der Waals surface area contributed by atoms with E-state index in [-0.39, 0.29) is 204 Å². The van der Waals surface area contributed by atoms with Gasteiger partial charge in [0.25, 0.3) is 0 Å². The molecule has 6 saturated heterocycles. The summed E-state index contributed by atoms with van der Waals surface area (Å²) in [6, 6.07) is -3.08. The molecule has 0 aromatic rings. The summed E-state index contributed by atoms with van der Waals surface area (Å²) in [6.07, 6.45) is -5.16. The topological polar surface area (TPSA) is 761 Å². The predicted molar refractivity (Wildman–Crippen MR) is 519 cm³/mol. The quantitative estimate of drug-likeness (QED) is 0.0298. The van der Waals surface area contributed by atoms with Gasteiger partial charge in [-0.3, -0.25) is 88.4 Å². The molecule has 6 fully saturated rings. The van der Waals surface area contributed by atoms with E-state index >= 15 is 0 Å². The molecular weight excluding hydrogens is 2070 g/mol. The molecular formula is C89H164N9O45P5. The van der Waals surface area contributed by atoms with Gasteiger partial charge >= 0.3 is 39.1 Å². The highest BCUT2D eigenvalue weighted by atomic mass is 31.2. The van der Waals surface area contributed by atoms with Crippen molar-refractivity contribution in [3.05, 3.63) is 0 Å². The minimum absolute atomic E-state index is 0.00166. The van der Waals surface area contributed by atoms with Gasteiger partial charge < -0.3 is 150 Å². The van der Waals surface area contributed by atoms with E-state index in [0.717, 1.165) is 0 Å². The number of nitrogens with zero attached hydrogens (tertiary/aromatic N) is 3. The molecule has 0 aliphatic carbocycles. The zero-order chi connectivity index (χ0) is 110. The van der Waals surface area contributed by atoms with E-state index in [0.29, 0.717) is 109 Å². The molecule has 148 heavy (non-hydrogen) atoms. The van der Waals surface area contributed by atoms with Crippen molar-refractivity contribution < 1.29 is 215 Å². The first-order valence-corrected chi connectivity index (χ1v) is 58.1. The summed E-state index contributed by atoms with van der Waals surface area (Å²) in [5.74, 6) is -3.24. The van der Waals surface area contributed by atoms with Gasteiger partial charge in [-0.15, -0.1) is 0 Å². The largest absolute Gasteiger partial charge is 0.472 e. The molecule has 860 valence electrons. The number of likely N-dealkylation sites (tertiary alicyclic amines) is 3. The molecule has 9 amide bonds. The number of piperidine rings is 3. The summed E-state index contributed by atoms with van der Waals surface area (Å²) in [6.45, 7) is 3.02. The maximum atomic E-state index is 13.7. The van der Waals surface area contributed by atoms with Crippen molar-refractivity contribution in [2.24, 2.45) is 22.2 Å². The molecule has 6 heterocycles. The van der Waals surface area contributed by atoms with Gasteiger partial charge in [-0.2, -0.15) is 0 Å². The number of carbonyl (C=O) groups excluding carboxylic acids is 9. The Labute approximate surface area is 863 Å². The zero-order valence-corrected chi connectivity index (χ0v) is 90.3. The normalized spacial score (nSPS) is 26.2. The molecule has 20 N–H and O–H groups in total. The van der Waals surface area contributed by atoms with E-state index in [1.54, 1.807) is 32.6 Å². The summed E-state index contributed by atoms with van der Waals surface area (Å²) >= 11 is 0. The molecule has 0 spiro atoms. The Morgan fingerprint density at radius 3 is 0.858 bits per heavy atom. The number of carbonyl (C=O) groups is 9. The van der Waals surface area contributed by atoms with E-state index in [9.17, 15) is 136 Å². The molecule has 5 unspecified atom stereocenters. The van der Waals surface area contributed by atoms with Crippen LogP contribution in [0.5, 0.6) is 0 Å². The van der Waals surface area contributed by atoms with Crippen molar-refractivity contribution in [1.82, 2.24) is 46.6 Å². The zero-order valence-electron chi connectivity index (χ0n) is 85.8. The average molecular weight is 2240 g/mol. The van der Waals surface area contributed by atoms with Crippen LogP contribution in [0.4, 0.5) is 0 Å². The molecule has 6 aliphatic rings. The Kier molecular flexibility index (Phi) is 58.8. The van der Waals surface area contributed by atoms with Crippen molar-refractivity contribution in [3.63, 3.8) is 0 Å². The fraction of sp³-hybridized carbons (Fsp3) is 0.899. The minimum Gasteiger partial charge on any atom is -0.396 e. The molecule has 6 rings (SSSR count). The van der Waals surface area contributed by atoms with Gasteiger partial charge in [0.2, 0.25) is 53.2 Å². The first-order valence-electron chi connectivity index (χ1n) is 50.7. The lowest BCUT2D eigenvalue weighted by molar-refractivity contribution is -0.270. The van der Waals surface area contributed by atoms with E-state index in [1.807, 2.05) is 0 Å². The number of aliphatic hydroxyl groups is 9. The van der Waals surface area contributed by atoms with Gasteiger partial charge in [0.05, 0.1) is 117 Å². The number of ether oxygens (including phenoxy) is 7. The number of rotatable bonds is 72. The van der Waals surface area contributed by atoms with Crippen LogP contribution in [0.1, 0.15) is 222 Å². The predicted octanol–water partition coefficient (Wildman–Crippen LogP) is 0.985. The van der Waals surface area contributed by atoms with Gasteiger partial charge in [-0.25, -0.2) is 22.8 Å². The van der Waals surface area contributed by atoms with E-state index in [1.165, 1.54) is 30.6 Å². The maximum absolute atomic E-state index is 13.7. The summed E-state index contributed by atoms with van der Waals surface area (Å²) in [7, 11) is -25.3. The molecule has 0 aromatic heterocycles. The van der Waals surface area contributed by atoms with E-state index < -0.39 is 244 Å². The second-order valence-corrected chi connectivity index (χ2v) is 46.5. The Hall–Kier alpha value is -4.86. The van der Waals surface area contributed by atoms with Gasteiger partial charge in [-0.05, 0) is 136 Å². The lowest BCUT2D eigenvalue weighted by atomic mass is 9.80. The number of hydrogen-bond donors (Lipinski definition) is 20. The SMILES string of the molecule is CC(=O)N[C@H]1[C@H](OCCCCC(=O)NCCCCCC(=O)N2CCC(CO)(COP(=O)(O)OCCOP(=O)(O)OCC3(COP(=O)(O)OCCOP(=O)(O)OCC4(COP(=O)(O)OCCOC(C)(C)C)CCN(C(=O)CCCCCNC(=O)CCCCO[C@@H]5O[C@H](CO)[C@H](O)[C@H](O)[C@H]5NC(C)=O)CC4)CCN(C(=O)CCCCCNC(=O)CCCCO[C@@H]4O[C@H](CO)[C@H](O)[C@H](O)[C@H]4NC(C)=O)CC3)CC2)O[C@H](CO)[C@H](C)[C@@H]1O. The van der Waals surface area contributed by atoms with Crippen LogP contribution in [-0.2, 0) is 144 Å². The lowest BCUT2D eigenvalue weighted by Gasteiger charge is -2.43. The number of unbranched alkanes of at least 4 members (excludes halogenated alkanes) is 9. The molecule has 6 aliphatic heterocycles. The van der Waals surface area contributed by atoms with Crippen LogP contribution >= 0.6 is 39.1 Å². The summed E-state index contributed by atoms with van der Waals surface area (Å²) in [4.78, 5) is 173. The van der Waals surface area contributed by atoms with Gasteiger partial charge in [0, 0.05) is 160 Å². The number of aliphatic hydroxyl groups excluding tert-OH is 9. The van der Waals surface area contributed by atoms with Crippen molar-refractivity contribution in [3.8, 4) is 0 Å². The smallest absolute Gasteiger partial charge is 0.396 e. The van der Waals surface area contributed by atoms with Crippen LogP contribution in [-0.4, -0.2) is 408 Å². The van der Waals surface area contributed by atoms with Gasteiger partial charge in [-0.1, -0.05) is 26.2 Å². The van der Waals surface area contributed by atoms with Gasteiger partial charge in [0.15, 0.2) is 18.9 Å². The lowest BCUT2D eigenvalue weighted by Crippen LogP contribution is -2.64. The third kappa shape index (κ3) is 49.3. The van der Waals surface area contributed by atoms with Crippen molar-refractivity contribution in [2.75, 3.05) is 178 Å². The van der Waals surface area contributed by atoms with Gasteiger partial charge in [0.1, 0.15) is 54.7 Å². The number of amides is 9.